The molecule has 1 aliphatic carbocycles. The SMILES string of the molecule is COc1ccccc1-n1c(Cc2ccccc2)nnc1SCc1nc(C(=O)NC2CC2)cs1. The standard InChI is InChI=1S/C24H23N5O2S2/c1-31-20-10-6-5-9-19(20)29-21(13-16-7-3-2-4-8-16)27-28-24(29)33-15-22-26-18(14-32-22)23(30)25-17-11-12-17/h2-10,14,17H,11-13,15H2,1H3,(H,25,30). The predicted octanol–water partition coefficient (Wildman–Crippen LogP) is 4.51. The van der Waals surface area contributed by atoms with Gasteiger partial charge in [0.25, 0.3) is 5.91 Å². The first-order valence-electron chi connectivity index (χ1n) is 10.7. The van der Waals surface area contributed by atoms with Gasteiger partial charge in [-0.05, 0) is 30.5 Å². The topological polar surface area (TPSA) is 81.9 Å². The second kappa shape index (κ2) is 9.76. The molecule has 7 nitrogen and oxygen atoms in total. The highest BCUT2D eigenvalue weighted by atomic mass is 32.2. The second-order valence-corrected chi connectivity index (χ2v) is 9.62. The van der Waals surface area contributed by atoms with E-state index in [2.05, 4.69) is 32.6 Å². The summed E-state index contributed by atoms with van der Waals surface area (Å²) < 4.78 is 7.66. The molecule has 0 radical (unpaired) electrons. The lowest BCUT2D eigenvalue weighted by molar-refractivity contribution is 0.0946. The molecule has 2 aromatic carbocycles. The molecular formula is C24H23N5O2S2. The number of nitrogens with one attached hydrogen (secondary N) is 1. The van der Waals surface area contributed by atoms with Crippen LogP contribution in [0.2, 0.25) is 0 Å². The molecule has 0 bridgehead atoms. The average molecular weight is 478 g/mol. The van der Waals surface area contributed by atoms with Crippen LogP contribution in [-0.2, 0) is 12.2 Å². The molecule has 0 atom stereocenters. The van der Waals surface area contributed by atoms with Crippen LogP contribution in [0.4, 0.5) is 0 Å². The fraction of sp³-hybridized carbons (Fsp3) is 0.250. The molecule has 1 amide bonds. The van der Waals surface area contributed by atoms with Crippen molar-refractivity contribution < 1.29 is 9.53 Å². The van der Waals surface area contributed by atoms with Crippen molar-refractivity contribution >= 4 is 29.0 Å². The van der Waals surface area contributed by atoms with Crippen molar-refractivity contribution in [2.45, 2.75) is 36.2 Å². The predicted molar refractivity (Wildman–Crippen MR) is 129 cm³/mol. The number of carbonyl (C=O) groups excluding carboxylic acids is 1. The third kappa shape index (κ3) is 5.09. The first-order valence-corrected chi connectivity index (χ1v) is 12.6. The lowest BCUT2D eigenvalue weighted by Crippen LogP contribution is -2.25. The Morgan fingerprint density at radius 3 is 2.73 bits per heavy atom. The van der Waals surface area contributed by atoms with Crippen LogP contribution in [0.1, 0.15) is 39.7 Å². The maximum atomic E-state index is 12.3. The summed E-state index contributed by atoms with van der Waals surface area (Å²) in [4.78, 5) is 16.8. The van der Waals surface area contributed by atoms with Crippen LogP contribution in [-0.4, -0.2) is 38.8 Å². The first kappa shape index (κ1) is 21.7. The number of amides is 1. The molecule has 1 N–H and O–H groups in total. The Bertz CT molecular complexity index is 1250. The van der Waals surface area contributed by atoms with Crippen LogP contribution < -0.4 is 10.1 Å². The minimum absolute atomic E-state index is 0.0904. The van der Waals surface area contributed by atoms with Gasteiger partial charge in [-0.2, -0.15) is 0 Å². The highest BCUT2D eigenvalue weighted by Crippen LogP contribution is 2.31. The van der Waals surface area contributed by atoms with E-state index in [1.54, 1.807) is 18.9 Å². The van der Waals surface area contributed by atoms with Crippen molar-refractivity contribution in [1.82, 2.24) is 25.1 Å². The van der Waals surface area contributed by atoms with E-state index in [9.17, 15) is 4.79 Å². The van der Waals surface area contributed by atoms with Gasteiger partial charge in [0.15, 0.2) is 5.16 Å². The van der Waals surface area contributed by atoms with E-state index < -0.39 is 0 Å². The third-order valence-electron chi connectivity index (χ3n) is 5.25. The summed E-state index contributed by atoms with van der Waals surface area (Å²) >= 11 is 3.04. The summed E-state index contributed by atoms with van der Waals surface area (Å²) in [5, 5.41) is 15.4. The number of methoxy groups -OCH3 is 1. The van der Waals surface area contributed by atoms with Gasteiger partial charge < -0.3 is 10.1 Å². The number of thioether (sulfide) groups is 1. The van der Waals surface area contributed by atoms with Crippen molar-refractivity contribution in [2.24, 2.45) is 0 Å². The van der Waals surface area contributed by atoms with E-state index in [0.29, 0.717) is 23.9 Å². The number of thiazole rings is 1. The second-order valence-electron chi connectivity index (χ2n) is 7.73. The van der Waals surface area contributed by atoms with Gasteiger partial charge in [0.1, 0.15) is 22.3 Å². The van der Waals surface area contributed by atoms with Crippen molar-refractivity contribution in [1.29, 1.82) is 0 Å². The molecule has 0 aliphatic heterocycles. The number of hydrogen-bond donors (Lipinski definition) is 1. The Morgan fingerprint density at radius 2 is 1.94 bits per heavy atom. The van der Waals surface area contributed by atoms with Gasteiger partial charge in [-0.25, -0.2) is 4.98 Å². The third-order valence-corrected chi connectivity index (χ3v) is 7.22. The van der Waals surface area contributed by atoms with Crippen molar-refractivity contribution in [3.8, 4) is 11.4 Å². The Balaban J connectivity index is 1.40. The molecule has 4 aromatic rings. The summed E-state index contributed by atoms with van der Waals surface area (Å²) in [6.07, 6.45) is 2.76. The fourth-order valence-electron chi connectivity index (χ4n) is 3.44. The monoisotopic (exact) mass is 477 g/mol. The van der Waals surface area contributed by atoms with Gasteiger partial charge in [0.05, 0.1) is 18.6 Å². The summed E-state index contributed by atoms with van der Waals surface area (Å²) in [5.41, 5.74) is 2.53. The Kier molecular flexibility index (Phi) is 6.41. The Morgan fingerprint density at radius 1 is 1.15 bits per heavy atom. The first-order chi connectivity index (χ1) is 16.2. The number of aromatic nitrogens is 4. The normalized spacial score (nSPS) is 13.1. The average Bonchev–Trinajstić information content (AvgIpc) is 3.38. The maximum absolute atomic E-state index is 12.3. The highest BCUT2D eigenvalue weighted by molar-refractivity contribution is 7.98. The van der Waals surface area contributed by atoms with E-state index in [0.717, 1.165) is 45.8 Å². The largest absolute Gasteiger partial charge is 0.495 e. The lowest BCUT2D eigenvalue weighted by atomic mass is 10.1. The van der Waals surface area contributed by atoms with Crippen LogP contribution in [0.5, 0.6) is 5.75 Å². The number of benzene rings is 2. The molecule has 1 saturated carbocycles. The lowest BCUT2D eigenvalue weighted by Gasteiger charge is -2.13. The molecule has 2 aromatic heterocycles. The molecule has 2 heterocycles. The van der Waals surface area contributed by atoms with Gasteiger partial charge in [0.2, 0.25) is 0 Å². The van der Waals surface area contributed by atoms with Crippen LogP contribution in [0, 0.1) is 0 Å². The number of para-hydroxylation sites is 2. The number of ether oxygens (including phenoxy) is 1. The van der Waals surface area contributed by atoms with Crippen LogP contribution in [0.3, 0.4) is 0 Å². The summed E-state index contributed by atoms with van der Waals surface area (Å²) in [7, 11) is 1.66. The minimum atomic E-state index is -0.0904. The van der Waals surface area contributed by atoms with Crippen molar-refractivity contribution in [3.63, 3.8) is 0 Å². The van der Waals surface area contributed by atoms with E-state index in [1.165, 1.54) is 11.3 Å². The van der Waals surface area contributed by atoms with Crippen LogP contribution in [0.25, 0.3) is 5.69 Å². The molecule has 168 valence electrons. The van der Waals surface area contributed by atoms with Crippen molar-refractivity contribution in [3.05, 3.63) is 82.1 Å². The van der Waals surface area contributed by atoms with Crippen LogP contribution in [0.15, 0.2) is 65.1 Å². The van der Waals surface area contributed by atoms with Gasteiger partial charge in [-0.3, -0.25) is 9.36 Å². The van der Waals surface area contributed by atoms with E-state index >= 15 is 0 Å². The number of nitrogens with zero attached hydrogens (tertiary/aromatic N) is 4. The van der Waals surface area contributed by atoms with Crippen molar-refractivity contribution in [2.75, 3.05) is 7.11 Å². The van der Waals surface area contributed by atoms with E-state index in [4.69, 9.17) is 4.74 Å². The molecule has 0 saturated heterocycles. The number of rotatable bonds is 9. The van der Waals surface area contributed by atoms with E-state index in [1.807, 2.05) is 52.4 Å². The number of hydrogen-bond acceptors (Lipinski definition) is 7. The molecule has 1 fully saturated rings. The van der Waals surface area contributed by atoms with E-state index in [-0.39, 0.29) is 5.91 Å². The summed E-state index contributed by atoms with van der Waals surface area (Å²) in [6, 6.07) is 18.4. The quantitative estimate of drug-likeness (QED) is 0.357. The zero-order valence-corrected chi connectivity index (χ0v) is 19.7. The minimum Gasteiger partial charge on any atom is -0.495 e. The fourth-order valence-corrected chi connectivity index (χ4v) is 5.19. The molecule has 33 heavy (non-hydrogen) atoms. The smallest absolute Gasteiger partial charge is 0.270 e. The zero-order valence-electron chi connectivity index (χ0n) is 18.1. The Hall–Kier alpha value is -3.17. The number of carbonyl (C=O) groups is 1. The zero-order chi connectivity index (χ0) is 22.6. The highest BCUT2D eigenvalue weighted by Gasteiger charge is 2.25. The molecular weight excluding hydrogens is 454 g/mol. The molecule has 0 spiro atoms. The molecule has 0 unspecified atom stereocenters. The van der Waals surface area contributed by atoms with Gasteiger partial charge in [0, 0.05) is 17.8 Å². The van der Waals surface area contributed by atoms with Gasteiger partial charge >= 0.3 is 0 Å². The molecule has 9 heteroatoms. The van der Waals surface area contributed by atoms with Crippen LogP contribution >= 0.6 is 23.1 Å². The Labute approximate surface area is 200 Å². The molecule has 1 aliphatic rings. The van der Waals surface area contributed by atoms with Gasteiger partial charge in [-0.15, -0.1) is 21.5 Å². The summed E-state index contributed by atoms with van der Waals surface area (Å²) in [6.45, 7) is 0. The maximum Gasteiger partial charge on any atom is 0.270 e. The molecule has 5 rings (SSSR count). The summed E-state index contributed by atoms with van der Waals surface area (Å²) in [5.74, 6) is 2.09. The van der Waals surface area contributed by atoms with Gasteiger partial charge in [-0.1, -0.05) is 54.2 Å².